The standard InChI is InChI=1S/C19H23N3O2/c1-14-17(19(24)16-6-4-3-5-7-16)8-9-18(20-14)22-12-10-21(11-13-22)15(2)23/h3-9,19,24H,10-13H2,1-2H3/t19-/m0/s1. The number of carbonyl (C=O) groups excluding carboxylic acids is 1. The molecule has 0 unspecified atom stereocenters. The minimum atomic E-state index is -0.665. The molecule has 2 heterocycles. The minimum absolute atomic E-state index is 0.125. The van der Waals surface area contributed by atoms with Gasteiger partial charge in [0, 0.05) is 44.4 Å². The molecule has 126 valence electrons. The van der Waals surface area contributed by atoms with E-state index >= 15 is 0 Å². The number of pyridine rings is 1. The van der Waals surface area contributed by atoms with Gasteiger partial charge < -0.3 is 14.9 Å². The van der Waals surface area contributed by atoms with Gasteiger partial charge in [-0.05, 0) is 18.6 Å². The topological polar surface area (TPSA) is 56.7 Å². The van der Waals surface area contributed by atoms with Crippen molar-refractivity contribution in [3.05, 3.63) is 59.3 Å². The van der Waals surface area contributed by atoms with Crippen LogP contribution in [0.2, 0.25) is 0 Å². The average molecular weight is 325 g/mol. The van der Waals surface area contributed by atoms with Crippen molar-refractivity contribution >= 4 is 11.7 Å². The number of aromatic nitrogens is 1. The molecule has 1 fully saturated rings. The summed E-state index contributed by atoms with van der Waals surface area (Å²) >= 11 is 0. The van der Waals surface area contributed by atoms with Crippen molar-refractivity contribution in [2.45, 2.75) is 20.0 Å². The van der Waals surface area contributed by atoms with E-state index in [1.54, 1.807) is 6.92 Å². The van der Waals surface area contributed by atoms with E-state index in [1.807, 2.05) is 54.3 Å². The summed E-state index contributed by atoms with van der Waals surface area (Å²) in [5.74, 6) is 1.03. The summed E-state index contributed by atoms with van der Waals surface area (Å²) in [6.07, 6.45) is -0.665. The molecule has 0 saturated carbocycles. The van der Waals surface area contributed by atoms with Crippen LogP contribution in [-0.4, -0.2) is 47.1 Å². The first-order chi connectivity index (χ1) is 11.6. The molecule has 5 heteroatoms. The number of rotatable bonds is 3. The van der Waals surface area contributed by atoms with Gasteiger partial charge in [0.1, 0.15) is 11.9 Å². The van der Waals surface area contributed by atoms with E-state index in [0.717, 1.165) is 48.8 Å². The molecule has 3 rings (SSSR count). The second-order valence-corrected chi connectivity index (χ2v) is 6.15. The van der Waals surface area contributed by atoms with E-state index in [1.165, 1.54) is 0 Å². The second kappa shape index (κ2) is 7.01. The van der Waals surface area contributed by atoms with Crippen molar-refractivity contribution in [3.63, 3.8) is 0 Å². The fraction of sp³-hybridized carbons (Fsp3) is 0.368. The van der Waals surface area contributed by atoms with Crippen LogP contribution in [0, 0.1) is 6.92 Å². The van der Waals surface area contributed by atoms with Crippen molar-refractivity contribution < 1.29 is 9.90 Å². The lowest BCUT2D eigenvalue weighted by molar-refractivity contribution is -0.129. The number of anilines is 1. The highest BCUT2D eigenvalue weighted by Crippen LogP contribution is 2.26. The molecule has 1 aliphatic heterocycles. The Balaban J connectivity index is 1.75. The van der Waals surface area contributed by atoms with E-state index in [9.17, 15) is 9.90 Å². The Bertz CT molecular complexity index is 710. The Hall–Kier alpha value is -2.40. The number of nitrogens with zero attached hydrogens (tertiary/aromatic N) is 3. The molecule has 1 atom stereocenters. The first-order valence-corrected chi connectivity index (χ1v) is 8.27. The first-order valence-electron chi connectivity index (χ1n) is 8.27. The van der Waals surface area contributed by atoms with Crippen molar-refractivity contribution in [1.29, 1.82) is 0 Å². The van der Waals surface area contributed by atoms with E-state index in [4.69, 9.17) is 0 Å². The van der Waals surface area contributed by atoms with E-state index in [2.05, 4.69) is 9.88 Å². The summed E-state index contributed by atoms with van der Waals surface area (Å²) in [7, 11) is 0. The van der Waals surface area contributed by atoms with Gasteiger partial charge in [0.15, 0.2) is 0 Å². The van der Waals surface area contributed by atoms with E-state index < -0.39 is 6.10 Å². The highest BCUT2D eigenvalue weighted by molar-refractivity contribution is 5.73. The Labute approximate surface area is 142 Å². The molecule has 1 saturated heterocycles. The second-order valence-electron chi connectivity index (χ2n) is 6.15. The first kappa shape index (κ1) is 16.5. The number of piperazine rings is 1. The van der Waals surface area contributed by atoms with Crippen molar-refractivity contribution in [2.24, 2.45) is 0 Å². The van der Waals surface area contributed by atoms with E-state index in [0.29, 0.717) is 0 Å². The molecule has 5 nitrogen and oxygen atoms in total. The molecule has 0 spiro atoms. The highest BCUT2D eigenvalue weighted by Gasteiger charge is 2.21. The fourth-order valence-electron chi connectivity index (χ4n) is 3.09. The maximum absolute atomic E-state index is 11.4. The lowest BCUT2D eigenvalue weighted by Crippen LogP contribution is -2.48. The SMILES string of the molecule is CC(=O)N1CCN(c2ccc([C@@H](O)c3ccccc3)c(C)n2)CC1. The van der Waals surface area contributed by atoms with Gasteiger partial charge in [0.25, 0.3) is 0 Å². The number of carbonyl (C=O) groups is 1. The summed E-state index contributed by atoms with van der Waals surface area (Å²) in [4.78, 5) is 20.1. The van der Waals surface area contributed by atoms with Crippen LogP contribution < -0.4 is 4.90 Å². The van der Waals surface area contributed by atoms with E-state index in [-0.39, 0.29) is 5.91 Å². The van der Waals surface area contributed by atoms with Crippen LogP contribution in [0.3, 0.4) is 0 Å². The zero-order valence-electron chi connectivity index (χ0n) is 14.1. The Morgan fingerprint density at radius 1 is 1.08 bits per heavy atom. The van der Waals surface area contributed by atoms with Gasteiger partial charge in [-0.25, -0.2) is 4.98 Å². The third-order valence-corrected chi connectivity index (χ3v) is 4.57. The Morgan fingerprint density at radius 2 is 1.75 bits per heavy atom. The van der Waals surface area contributed by atoms with Crippen LogP contribution in [-0.2, 0) is 4.79 Å². The highest BCUT2D eigenvalue weighted by atomic mass is 16.3. The monoisotopic (exact) mass is 325 g/mol. The number of aliphatic hydroxyl groups excluding tert-OH is 1. The van der Waals surface area contributed by atoms with Gasteiger partial charge in [0.2, 0.25) is 5.91 Å². The predicted octanol–water partition coefficient (Wildman–Crippen LogP) is 2.14. The van der Waals surface area contributed by atoms with Crippen molar-refractivity contribution in [3.8, 4) is 0 Å². The van der Waals surface area contributed by atoms with Gasteiger partial charge in [-0.1, -0.05) is 36.4 Å². The number of aliphatic hydroxyl groups is 1. The zero-order valence-corrected chi connectivity index (χ0v) is 14.1. The lowest BCUT2D eigenvalue weighted by Gasteiger charge is -2.35. The predicted molar refractivity (Wildman–Crippen MR) is 93.9 cm³/mol. The Kier molecular flexibility index (Phi) is 4.81. The summed E-state index contributed by atoms with van der Waals surface area (Å²) < 4.78 is 0. The van der Waals surface area contributed by atoms with Crippen molar-refractivity contribution in [2.75, 3.05) is 31.1 Å². The molecule has 24 heavy (non-hydrogen) atoms. The molecule has 0 aliphatic carbocycles. The summed E-state index contributed by atoms with van der Waals surface area (Å²) in [5, 5.41) is 10.6. The largest absolute Gasteiger partial charge is 0.384 e. The normalized spacial score (nSPS) is 16.1. The van der Waals surface area contributed by atoms with Crippen molar-refractivity contribution in [1.82, 2.24) is 9.88 Å². The third-order valence-electron chi connectivity index (χ3n) is 4.57. The van der Waals surface area contributed by atoms with Gasteiger partial charge in [-0.3, -0.25) is 4.79 Å². The molecule has 2 aromatic rings. The number of amides is 1. The van der Waals surface area contributed by atoms with Crippen LogP contribution in [0.4, 0.5) is 5.82 Å². The number of benzene rings is 1. The van der Waals surface area contributed by atoms with Gasteiger partial charge in [0.05, 0.1) is 0 Å². The summed E-state index contributed by atoms with van der Waals surface area (Å²) in [6.45, 7) is 6.56. The van der Waals surface area contributed by atoms with Crippen LogP contribution in [0.1, 0.15) is 29.8 Å². The molecule has 1 aliphatic rings. The van der Waals surface area contributed by atoms with Crippen LogP contribution >= 0.6 is 0 Å². The Morgan fingerprint density at radius 3 is 2.33 bits per heavy atom. The number of hydrogen-bond donors (Lipinski definition) is 1. The summed E-state index contributed by atoms with van der Waals surface area (Å²) in [6, 6.07) is 13.5. The number of hydrogen-bond acceptors (Lipinski definition) is 4. The van der Waals surface area contributed by atoms with Crippen LogP contribution in [0.15, 0.2) is 42.5 Å². The van der Waals surface area contributed by atoms with Gasteiger partial charge in [-0.2, -0.15) is 0 Å². The molecule has 1 aromatic heterocycles. The fourth-order valence-corrected chi connectivity index (χ4v) is 3.09. The smallest absolute Gasteiger partial charge is 0.219 e. The molecule has 0 bridgehead atoms. The zero-order chi connectivity index (χ0) is 17.1. The quantitative estimate of drug-likeness (QED) is 0.939. The average Bonchev–Trinajstić information content (AvgIpc) is 2.62. The molecular formula is C19H23N3O2. The molecule has 1 aromatic carbocycles. The minimum Gasteiger partial charge on any atom is -0.384 e. The maximum atomic E-state index is 11.4. The molecule has 0 radical (unpaired) electrons. The van der Waals surface area contributed by atoms with Gasteiger partial charge >= 0.3 is 0 Å². The van der Waals surface area contributed by atoms with Gasteiger partial charge in [-0.15, -0.1) is 0 Å². The lowest BCUT2D eigenvalue weighted by atomic mass is 10.0. The number of aryl methyl sites for hydroxylation is 1. The third kappa shape index (κ3) is 3.41. The molecule has 1 N–H and O–H groups in total. The summed E-state index contributed by atoms with van der Waals surface area (Å²) in [5.41, 5.74) is 2.52. The molecule has 1 amide bonds. The maximum Gasteiger partial charge on any atom is 0.219 e. The van der Waals surface area contributed by atoms with Crippen LogP contribution in [0.5, 0.6) is 0 Å². The molecular weight excluding hydrogens is 302 g/mol. The van der Waals surface area contributed by atoms with Crippen LogP contribution in [0.25, 0.3) is 0 Å².